The molecule has 0 aliphatic rings. The molecule has 0 aliphatic carbocycles. The van der Waals surface area contributed by atoms with Gasteiger partial charge in [0.05, 0.1) is 6.61 Å². The van der Waals surface area contributed by atoms with Crippen LogP contribution in [0.15, 0.2) is 30.3 Å². The maximum atomic E-state index is 5.69. The monoisotopic (exact) mass is 221 g/mol. The van der Waals surface area contributed by atoms with E-state index in [0.717, 1.165) is 31.9 Å². The first-order valence-electron chi connectivity index (χ1n) is 6.02. The zero-order valence-corrected chi connectivity index (χ0v) is 10.6. The van der Waals surface area contributed by atoms with E-state index in [2.05, 4.69) is 26.1 Å². The Morgan fingerprint density at radius 1 is 1.19 bits per heavy atom. The van der Waals surface area contributed by atoms with Crippen LogP contribution in [0.1, 0.15) is 27.2 Å². The predicted molar refractivity (Wildman–Crippen MR) is 68.9 cm³/mol. The molecule has 0 amide bonds. The molecule has 2 heteroatoms. The largest absolute Gasteiger partial charge is 0.494 e. The molecule has 90 valence electrons. The quantitative estimate of drug-likeness (QED) is 0.764. The van der Waals surface area contributed by atoms with Gasteiger partial charge >= 0.3 is 0 Å². The van der Waals surface area contributed by atoms with Gasteiger partial charge in [-0.25, -0.2) is 0 Å². The second-order valence-corrected chi connectivity index (χ2v) is 4.86. The molecule has 1 aromatic carbocycles. The van der Waals surface area contributed by atoms with Crippen molar-refractivity contribution < 1.29 is 4.74 Å². The molecule has 0 saturated carbocycles. The molecule has 0 unspecified atom stereocenters. The van der Waals surface area contributed by atoms with E-state index < -0.39 is 0 Å². The maximum Gasteiger partial charge on any atom is 0.119 e. The van der Waals surface area contributed by atoms with Crippen LogP contribution in [0.5, 0.6) is 5.75 Å². The Morgan fingerprint density at radius 3 is 2.50 bits per heavy atom. The number of hydrogen-bond donors (Lipinski definition) is 1. The first-order chi connectivity index (χ1) is 7.64. The van der Waals surface area contributed by atoms with Crippen molar-refractivity contribution in [1.29, 1.82) is 0 Å². The topological polar surface area (TPSA) is 21.3 Å². The molecule has 0 radical (unpaired) electrons. The summed E-state index contributed by atoms with van der Waals surface area (Å²) in [6, 6.07) is 9.99. The third kappa shape index (κ3) is 5.17. The van der Waals surface area contributed by atoms with E-state index in [9.17, 15) is 0 Å². The molecule has 2 nitrogen and oxygen atoms in total. The van der Waals surface area contributed by atoms with E-state index >= 15 is 0 Å². The fraction of sp³-hybridized carbons (Fsp3) is 0.571. The highest BCUT2D eigenvalue weighted by molar-refractivity contribution is 5.20. The van der Waals surface area contributed by atoms with Gasteiger partial charge < -0.3 is 10.1 Å². The summed E-state index contributed by atoms with van der Waals surface area (Å²) < 4.78 is 5.69. The summed E-state index contributed by atoms with van der Waals surface area (Å²) >= 11 is 0. The fourth-order valence-electron chi connectivity index (χ4n) is 1.51. The van der Waals surface area contributed by atoms with Crippen molar-refractivity contribution >= 4 is 0 Å². The minimum atomic E-state index is 0.296. The van der Waals surface area contributed by atoms with Gasteiger partial charge in [0.2, 0.25) is 0 Å². The average molecular weight is 221 g/mol. The van der Waals surface area contributed by atoms with Gasteiger partial charge in [-0.05, 0) is 30.5 Å². The van der Waals surface area contributed by atoms with Crippen LogP contribution in [0.25, 0.3) is 0 Å². The first kappa shape index (κ1) is 13.0. The third-order valence-electron chi connectivity index (χ3n) is 2.64. The highest BCUT2D eigenvalue weighted by Gasteiger charge is 2.16. The Kier molecular flexibility index (Phi) is 5.33. The molecule has 1 rings (SSSR count). The molecule has 1 aromatic rings. The molecule has 0 aliphatic heterocycles. The lowest BCUT2D eigenvalue weighted by Gasteiger charge is -2.24. The highest BCUT2D eigenvalue weighted by Crippen LogP contribution is 2.19. The summed E-state index contributed by atoms with van der Waals surface area (Å²) in [7, 11) is 0. The number of ether oxygens (including phenoxy) is 1. The van der Waals surface area contributed by atoms with Gasteiger partial charge in [0, 0.05) is 6.54 Å². The van der Waals surface area contributed by atoms with E-state index in [0.29, 0.717) is 5.41 Å². The summed E-state index contributed by atoms with van der Waals surface area (Å²) in [4.78, 5) is 0. The highest BCUT2D eigenvalue weighted by atomic mass is 16.5. The van der Waals surface area contributed by atoms with Gasteiger partial charge in [-0.15, -0.1) is 0 Å². The Hall–Kier alpha value is -1.02. The van der Waals surface area contributed by atoms with Crippen molar-refractivity contribution in [2.45, 2.75) is 27.2 Å². The number of hydrogen-bond acceptors (Lipinski definition) is 2. The van der Waals surface area contributed by atoms with Crippen molar-refractivity contribution in [3.8, 4) is 5.75 Å². The van der Waals surface area contributed by atoms with E-state index in [1.165, 1.54) is 0 Å². The summed E-state index contributed by atoms with van der Waals surface area (Å²) in [5.74, 6) is 0.960. The molecular formula is C14H23NO. The minimum Gasteiger partial charge on any atom is -0.494 e. The van der Waals surface area contributed by atoms with Crippen LogP contribution in [-0.4, -0.2) is 19.7 Å². The predicted octanol–water partition coefficient (Wildman–Crippen LogP) is 3.09. The van der Waals surface area contributed by atoms with Crippen molar-refractivity contribution in [2.24, 2.45) is 5.41 Å². The van der Waals surface area contributed by atoms with Crippen LogP contribution in [0.3, 0.4) is 0 Å². The van der Waals surface area contributed by atoms with Gasteiger partial charge in [-0.1, -0.05) is 39.0 Å². The zero-order valence-electron chi connectivity index (χ0n) is 10.6. The Labute approximate surface area is 99.0 Å². The van der Waals surface area contributed by atoms with Crippen LogP contribution in [-0.2, 0) is 0 Å². The Morgan fingerprint density at radius 2 is 1.88 bits per heavy atom. The van der Waals surface area contributed by atoms with E-state index in [1.807, 2.05) is 30.3 Å². The number of para-hydroxylation sites is 1. The lowest BCUT2D eigenvalue weighted by atomic mass is 9.90. The number of benzene rings is 1. The molecular weight excluding hydrogens is 198 g/mol. The van der Waals surface area contributed by atoms with Crippen molar-refractivity contribution in [1.82, 2.24) is 5.32 Å². The van der Waals surface area contributed by atoms with E-state index in [1.54, 1.807) is 0 Å². The van der Waals surface area contributed by atoms with Gasteiger partial charge in [0.25, 0.3) is 0 Å². The van der Waals surface area contributed by atoms with Gasteiger partial charge in [-0.3, -0.25) is 0 Å². The molecule has 0 atom stereocenters. The number of rotatable bonds is 7. The third-order valence-corrected chi connectivity index (χ3v) is 2.64. The Balaban J connectivity index is 2.24. The number of nitrogens with one attached hydrogen (secondary N) is 1. The smallest absolute Gasteiger partial charge is 0.119 e. The van der Waals surface area contributed by atoms with Crippen LogP contribution in [0, 0.1) is 5.41 Å². The summed E-state index contributed by atoms with van der Waals surface area (Å²) in [6.07, 6.45) is 1.06. The first-order valence-corrected chi connectivity index (χ1v) is 6.02. The molecule has 16 heavy (non-hydrogen) atoms. The second kappa shape index (κ2) is 6.54. The summed E-state index contributed by atoms with van der Waals surface area (Å²) in [5, 5.41) is 3.38. The molecule has 0 spiro atoms. The van der Waals surface area contributed by atoms with E-state index in [-0.39, 0.29) is 0 Å². The van der Waals surface area contributed by atoms with Crippen LogP contribution < -0.4 is 10.1 Å². The van der Waals surface area contributed by atoms with Gasteiger partial charge in [0.15, 0.2) is 0 Å². The molecule has 0 bridgehead atoms. The van der Waals surface area contributed by atoms with Crippen LogP contribution in [0.4, 0.5) is 0 Å². The lowest BCUT2D eigenvalue weighted by molar-refractivity contribution is 0.223. The Bertz CT molecular complexity index is 282. The fourth-order valence-corrected chi connectivity index (χ4v) is 1.51. The molecule has 0 saturated heterocycles. The normalized spacial score (nSPS) is 11.4. The van der Waals surface area contributed by atoms with Crippen molar-refractivity contribution in [2.75, 3.05) is 19.7 Å². The zero-order chi connectivity index (χ0) is 11.9. The molecule has 0 heterocycles. The lowest BCUT2D eigenvalue weighted by Crippen LogP contribution is -2.30. The van der Waals surface area contributed by atoms with Crippen molar-refractivity contribution in [3.63, 3.8) is 0 Å². The van der Waals surface area contributed by atoms with Gasteiger partial charge in [0.1, 0.15) is 5.75 Å². The molecule has 0 aromatic heterocycles. The molecule has 0 fully saturated rings. The second-order valence-electron chi connectivity index (χ2n) is 4.86. The average Bonchev–Trinajstić information content (AvgIpc) is 2.28. The summed E-state index contributed by atoms with van der Waals surface area (Å²) in [6.45, 7) is 9.53. The molecule has 1 N–H and O–H groups in total. The van der Waals surface area contributed by atoms with E-state index in [4.69, 9.17) is 4.74 Å². The van der Waals surface area contributed by atoms with Crippen LogP contribution in [0.2, 0.25) is 0 Å². The maximum absolute atomic E-state index is 5.69. The SMILES string of the molecule is CCNCC(C)(C)CCOc1ccccc1. The standard InChI is InChI=1S/C14H23NO/c1-4-15-12-14(2,3)10-11-16-13-8-6-5-7-9-13/h5-9,15H,4,10-12H2,1-3H3. The minimum absolute atomic E-state index is 0.296. The summed E-state index contributed by atoms with van der Waals surface area (Å²) in [5.41, 5.74) is 0.296. The van der Waals surface area contributed by atoms with Crippen molar-refractivity contribution in [3.05, 3.63) is 30.3 Å². The van der Waals surface area contributed by atoms with Crippen LogP contribution >= 0.6 is 0 Å². The van der Waals surface area contributed by atoms with Gasteiger partial charge in [-0.2, -0.15) is 0 Å².